The number of aromatic nitrogens is 3. The smallest absolute Gasteiger partial charge is 0.326 e. The Hall–Kier alpha value is -6.20. The molecule has 0 spiro atoms. The number of rotatable bonds is 34. The average Bonchev–Trinajstić information content (AvgIpc) is 3.34. The van der Waals surface area contributed by atoms with Gasteiger partial charge in [-0.3, -0.25) is 53.2 Å². The van der Waals surface area contributed by atoms with Crippen LogP contribution in [0.4, 0.5) is 10.7 Å². The Bertz CT molecular complexity index is 2370. The number of carbonyl (C=O) groups excluding carboxylic acids is 2. The monoisotopic (exact) mass is 1280 g/mol. The minimum atomic E-state index is -1.56. The number of anilines is 1. The van der Waals surface area contributed by atoms with Crippen molar-refractivity contribution in [2.24, 2.45) is 5.92 Å². The molecule has 1 fully saturated rings. The quantitative estimate of drug-likeness (QED) is 0.0424. The molecular weight excluding hydrogens is 1200 g/mol. The topological polar surface area (TPSA) is 411 Å². The number of aryl methyl sites for hydroxylation is 1. The van der Waals surface area contributed by atoms with E-state index in [1.807, 2.05) is 29.6 Å². The SMILES string of the molecule is CN(C)c1nc(CCCCC[C@H](CC(=O)CCCC[C@H](NC(=O)N[C@@H](CCC(=O)O)C(=O)O)C(=O)O)C(=O)O)nc(Cc2ccc(CC3CN(CC(=O)O)CCN(CC(=O)O)CCN(CC(=O)O)CCN3CC(=O)O)cc2)n1.[Lu]. The van der Waals surface area contributed by atoms with Gasteiger partial charge >= 0.3 is 53.8 Å². The van der Waals surface area contributed by atoms with Gasteiger partial charge in [0.25, 0.3) is 0 Å². The van der Waals surface area contributed by atoms with Gasteiger partial charge in [-0.1, -0.05) is 43.5 Å². The molecule has 3 rings (SSSR count). The number of benzene rings is 1. The summed E-state index contributed by atoms with van der Waals surface area (Å²) in [6, 6.07) is 2.87. The van der Waals surface area contributed by atoms with Crippen LogP contribution in [-0.4, -0.2) is 239 Å². The fourth-order valence-corrected chi connectivity index (χ4v) is 8.80. The third-order valence-electron chi connectivity index (χ3n) is 12.9. The van der Waals surface area contributed by atoms with Gasteiger partial charge in [0.2, 0.25) is 5.95 Å². The Kier molecular flexibility index (Phi) is 31.5. The van der Waals surface area contributed by atoms with Crippen molar-refractivity contribution in [3.63, 3.8) is 0 Å². The van der Waals surface area contributed by atoms with Crippen LogP contribution in [0.1, 0.15) is 93.4 Å². The summed E-state index contributed by atoms with van der Waals surface area (Å²) in [4.78, 5) is 141. The number of amides is 2. The van der Waals surface area contributed by atoms with Gasteiger partial charge in [-0.2, -0.15) is 9.97 Å². The second kappa shape index (κ2) is 36.1. The number of Topliss-reactive ketones (excluding diaryl/α,β-unsaturated/α-hetero) is 1. The van der Waals surface area contributed by atoms with E-state index < -0.39 is 97.2 Å². The van der Waals surface area contributed by atoms with E-state index in [-0.39, 0.29) is 147 Å². The van der Waals surface area contributed by atoms with E-state index in [1.165, 1.54) is 0 Å². The van der Waals surface area contributed by atoms with Crippen molar-refractivity contribution in [2.45, 2.75) is 108 Å². The fraction of sp³-hybridized carbons (Fsp3) is 0.620. The van der Waals surface area contributed by atoms with Crippen LogP contribution in [-0.2, 0) is 62.4 Å². The number of nitrogens with zero attached hydrogens (tertiary/aromatic N) is 8. The van der Waals surface area contributed by atoms with Crippen molar-refractivity contribution in [3.8, 4) is 0 Å². The maximum absolute atomic E-state index is 12.8. The van der Waals surface area contributed by atoms with E-state index in [9.17, 15) is 83.7 Å². The van der Waals surface area contributed by atoms with Crippen LogP contribution in [0.2, 0.25) is 0 Å². The number of aliphatic carboxylic acids is 8. The molecule has 1 radical (unpaired) electrons. The molecule has 29 heteroatoms. The zero-order valence-corrected chi connectivity index (χ0v) is 45.9. The third kappa shape index (κ3) is 28.5. The van der Waals surface area contributed by atoms with Crippen LogP contribution in [0.15, 0.2) is 24.3 Å². The summed E-state index contributed by atoms with van der Waals surface area (Å²) in [6.07, 6.45) is 2.02. The number of ketones is 1. The van der Waals surface area contributed by atoms with Gasteiger partial charge in [0.05, 0.1) is 32.1 Å². The average molecular weight is 1280 g/mol. The van der Waals surface area contributed by atoms with E-state index in [4.69, 9.17) is 10.1 Å². The Morgan fingerprint density at radius 3 is 1.59 bits per heavy atom. The predicted octanol–water partition coefficient (Wildman–Crippen LogP) is 0.393. The molecule has 4 atom stereocenters. The van der Waals surface area contributed by atoms with Crippen LogP contribution in [0.25, 0.3) is 0 Å². The Labute approximate surface area is 485 Å². The first-order valence-electron chi connectivity index (χ1n) is 25.6. The number of urea groups is 1. The van der Waals surface area contributed by atoms with Crippen molar-refractivity contribution < 1.29 is 126 Å². The van der Waals surface area contributed by atoms with Crippen molar-refractivity contribution in [2.75, 3.05) is 91.0 Å². The van der Waals surface area contributed by atoms with E-state index in [1.54, 1.807) is 38.6 Å². The molecule has 2 aromatic rings. The normalized spacial score (nSPS) is 16.1. The maximum Gasteiger partial charge on any atom is 0.326 e. The summed E-state index contributed by atoms with van der Waals surface area (Å²) >= 11 is 0. The number of carboxylic acids is 8. The van der Waals surface area contributed by atoms with Gasteiger partial charge in [0.1, 0.15) is 29.5 Å². The molecule has 10 N–H and O–H groups in total. The van der Waals surface area contributed by atoms with Gasteiger partial charge in [-0.15, -0.1) is 0 Å². The Morgan fingerprint density at radius 1 is 0.557 bits per heavy atom. The number of hydrogen-bond donors (Lipinski definition) is 10. The van der Waals surface area contributed by atoms with Crippen LogP contribution < -0.4 is 15.5 Å². The zero-order valence-electron chi connectivity index (χ0n) is 44.3. The maximum atomic E-state index is 12.8. The van der Waals surface area contributed by atoms with Gasteiger partial charge in [-0.05, 0) is 49.7 Å². The molecule has 1 aromatic carbocycles. The molecule has 0 bridgehead atoms. The second-order valence-corrected chi connectivity index (χ2v) is 19.5. The van der Waals surface area contributed by atoms with E-state index in [2.05, 4.69) is 15.3 Å². The van der Waals surface area contributed by atoms with Gasteiger partial charge in [0.15, 0.2) is 0 Å². The molecule has 28 nitrogen and oxygen atoms in total. The second-order valence-electron chi connectivity index (χ2n) is 19.5. The third-order valence-corrected chi connectivity index (χ3v) is 12.9. The molecule has 79 heavy (non-hydrogen) atoms. The van der Waals surface area contributed by atoms with Crippen molar-refractivity contribution in [1.29, 1.82) is 0 Å². The Morgan fingerprint density at radius 2 is 1.06 bits per heavy atom. The summed E-state index contributed by atoms with van der Waals surface area (Å²) in [5.41, 5.74) is 1.66. The number of unbranched alkanes of at least 4 members (excludes halogenated alkanes) is 3. The van der Waals surface area contributed by atoms with Crippen molar-refractivity contribution in [3.05, 3.63) is 47.0 Å². The molecule has 2 heterocycles. The van der Waals surface area contributed by atoms with E-state index >= 15 is 0 Å². The largest absolute Gasteiger partial charge is 0.481 e. The number of nitrogens with one attached hydrogen (secondary N) is 2. The molecule has 1 aliphatic rings. The van der Waals surface area contributed by atoms with Gasteiger partial charge < -0.3 is 56.4 Å². The standard InChI is InChI=1S/C50H74N10O18.Lu/c1-56(2)49-54-39(11-5-3-4-8-34(46(72)73)26-36(61)9-6-7-10-37(47(74)75)51-50(78)52-38(48(76)77)16-17-41(62)63)53-40(55-49)25-33-14-12-32(13-15-33)24-35-27-59(30-44(68)69)21-20-57(28-42(64)65)18-19-58(29-43(66)67)22-23-60(35)31-45(70)71;/h12-15,34-35,37-38H,3-11,16-31H2,1-2H3,(H,62,63)(H,64,65)(H,66,67)(H,68,69)(H,70,71)(H,72,73)(H,74,75)(H,76,77)(H2,51,52,78);/t34-,35?,37+,38+;/m1./s1. The van der Waals surface area contributed by atoms with Crippen LogP contribution in [0.5, 0.6) is 0 Å². The first-order chi connectivity index (χ1) is 36.9. The molecule has 0 saturated carbocycles. The minimum Gasteiger partial charge on any atom is -0.481 e. The first-order valence-corrected chi connectivity index (χ1v) is 25.6. The summed E-state index contributed by atoms with van der Waals surface area (Å²) in [5.74, 6) is -9.57. The van der Waals surface area contributed by atoms with Gasteiger partial charge in [0, 0.05) is 135 Å². The predicted molar refractivity (Wildman–Crippen MR) is 275 cm³/mol. The molecule has 2 amide bonds. The molecular formula is C50H74LuN10O18. The molecule has 1 aliphatic heterocycles. The molecule has 1 aromatic heterocycles. The first kappa shape index (κ1) is 68.9. The van der Waals surface area contributed by atoms with Crippen molar-refractivity contribution >= 4 is 65.5 Å². The summed E-state index contributed by atoms with van der Waals surface area (Å²) in [7, 11) is 3.57. The molecule has 1 unspecified atom stereocenters. The Balaban J connectivity index is 0.0000213. The van der Waals surface area contributed by atoms with E-state index in [0.717, 1.165) is 11.1 Å². The molecule has 447 valence electrons. The van der Waals surface area contributed by atoms with Gasteiger partial charge in [-0.25, -0.2) is 19.4 Å². The van der Waals surface area contributed by atoms with E-state index in [0.29, 0.717) is 56.1 Å². The number of carbonyl (C=O) groups is 10. The zero-order chi connectivity index (χ0) is 57.9. The summed E-state index contributed by atoms with van der Waals surface area (Å²) < 4.78 is 0. The summed E-state index contributed by atoms with van der Waals surface area (Å²) in [6.45, 7) is -0.302. The number of carboxylic acid groups (broad SMARTS) is 8. The minimum absolute atomic E-state index is 0. The fourth-order valence-electron chi connectivity index (χ4n) is 8.80. The number of hydrogen-bond acceptors (Lipinski definition) is 18. The van der Waals surface area contributed by atoms with Crippen LogP contribution >= 0.6 is 0 Å². The van der Waals surface area contributed by atoms with Crippen molar-refractivity contribution in [1.82, 2.24) is 45.2 Å². The summed E-state index contributed by atoms with van der Waals surface area (Å²) in [5, 5.41) is 80.6. The van der Waals surface area contributed by atoms with Crippen LogP contribution in [0.3, 0.4) is 0 Å². The molecule has 0 aliphatic carbocycles. The van der Waals surface area contributed by atoms with Crippen LogP contribution in [0, 0.1) is 42.8 Å². The molecule has 1 saturated heterocycles.